The van der Waals surface area contributed by atoms with E-state index in [0.717, 1.165) is 25.7 Å². The van der Waals surface area contributed by atoms with Gasteiger partial charge in [0.25, 0.3) is 0 Å². The molecule has 2 amide bonds. The van der Waals surface area contributed by atoms with Gasteiger partial charge in [-0.1, -0.05) is 11.3 Å². The van der Waals surface area contributed by atoms with Gasteiger partial charge >= 0.3 is 0 Å². The van der Waals surface area contributed by atoms with E-state index in [1.807, 2.05) is 11.2 Å². The third-order valence-corrected chi connectivity index (χ3v) is 6.20. The fraction of sp³-hybridized carbons (Fsp3) is 0.692. The second-order valence-corrected chi connectivity index (χ2v) is 7.52. The van der Waals surface area contributed by atoms with Gasteiger partial charge in [0.1, 0.15) is 5.51 Å². The highest BCUT2D eigenvalue weighted by atomic mass is 32.2. The van der Waals surface area contributed by atoms with Crippen LogP contribution < -0.4 is 5.32 Å². The van der Waals surface area contributed by atoms with Crippen LogP contribution in [0.4, 0.5) is 5.13 Å². The summed E-state index contributed by atoms with van der Waals surface area (Å²) in [6.07, 6.45) is 5.43. The van der Waals surface area contributed by atoms with Crippen LogP contribution >= 0.6 is 23.1 Å². The highest BCUT2D eigenvalue weighted by molar-refractivity contribution is 8.01. The molecule has 0 aromatic carbocycles. The smallest absolute Gasteiger partial charge is 0.238 e. The summed E-state index contributed by atoms with van der Waals surface area (Å²) in [5.74, 6) is 0.213. The standard InChI is InChI=1S/C13H18N4O2S2/c1-20-13(4-5-13)11(19)17-6-2-9(3-7-17)10(18)15-12-16-14-8-21-12/h8-9H,2-7H2,1H3,(H,15,16,18). The van der Waals surface area contributed by atoms with Crippen molar-refractivity contribution in [1.29, 1.82) is 0 Å². The Balaban J connectivity index is 1.51. The Bertz CT molecular complexity index is 522. The van der Waals surface area contributed by atoms with Crippen molar-refractivity contribution < 1.29 is 9.59 Å². The van der Waals surface area contributed by atoms with E-state index in [-0.39, 0.29) is 22.5 Å². The number of nitrogens with zero attached hydrogens (tertiary/aromatic N) is 3. The summed E-state index contributed by atoms with van der Waals surface area (Å²) >= 11 is 2.98. The lowest BCUT2D eigenvalue weighted by molar-refractivity contribution is -0.134. The molecule has 1 aliphatic heterocycles. The molecule has 1 saturated heterocycles. The minimum Gasteiger partial charge on any atom is -0.341 e. The normalized spacial score (nSPS) is 21.1. The van der Waals surface area contributed by atoms with Gasteiger partial charge in [0.05, 0.1) is 4.75 Å². The Morgan fingerprint density at radius 3 is 2.67 bits per heavy atom. The van der Waals surface area contributed by atoms with Crippen LogP contribution in [0.25, 0.3) is 0 Å². The minimum absolute atomic E-state index is 0.00940. The number of hydrogen-bond donors (Lipinski definition) is 1. The molecule has 8 heteroatoms. The fourth-order valence-electron chi connectivity index (χ4n) is 2.69. The molecule has 0 spiro atoms. The molecule has 1 saturated carbocycles. The van der Waals surface area contributed by atoms with Gasteiger partial charge in [-0.3, -0.25) is 9.59 Å². The topological polar surface area (TPSA) is 75.2 Å². The van der Waals surface area contributed by atoms with Crippen molar-refractivity contribution >= 4 is 40.0 Å². The van der Waals surface area contributed by atoms with Crippen molar-refractivity contribution in [2.24, 2.45) is 5.92 Å². The lowest BCUT2D eigenvalue weighted by Gasteiger charge is -2.33. The maximum atomic E-state index is 12.4. The molecule has 2 heterocycles. The predicted octanol–water partition coefficient (Wildman–Crippen LogP) is 1.61. The van der Waals surface area contributed by atoms with Crippen molar-refractivity contribution in [3.05, 3.63) is 5.51 Å². The molecule has 0 radical (unpaired) electrons. The third kappa shape index (κ3) is 3.06. The Morgan fingerprint density at radius 2 is 2.14 bits per heavy atom. The van der Waals surface area contributed by atoms with Gasteiger partial charge in [-0.15, -0.1) is 22.0 Å². The van der Waals surface area contributed by atoms with Gasteiger partial charge in [0.2, 0.25) is 16.9 Å². The van der Waals surface area contributed by atoms with Crippen LogP contribution in [-0.4, -0.2) is 51.0 Å². The molecule has 0 unspecified atom stereocenters. The predicted molar refractivity (Wildman–Crippen MR) is 83.3 cm³/mol. The van der Waals surface area contributed by atoms with Gasteiger partial charge < -0.3 is 10.2 Å². The van der Waals surface area contributed by atoms with Gasteiger partial charge in [-0.2, -0.15) is 0 Å². The second kappa shape index (κ2) is 5.92. The summed E-state index contributed by atoms with van der Waals surface area (Å²) in [6, 6.07) is 0. The number of thioether (sulfide) groups is 1. The van der Waals surface area contributed by atoms with Crippen LogP contribution in [0.2, 0.25) is 0 Å². The number of carbonyl (C=O) groups is 2. The quantitative estimate of drug-likeness (QED) is 0.910. The largest absolute Gasteiger partial charge is 0.341 e. The number of amides is 2. The molecule has 1 N–H and O–H groups in total. The van der Waals surface area contributed by atoms with Gasteiger partial charge in [0.15, 0.2) is 0 Å². The number of carbonyl (C=O) groups excluding carboxylic acids is 2. The van der Waals surface area contributed by atoms with Crippen LogP contribution in [-0.2, 0) is 9.59 Å². The van der Waals surface area contributed by atoms with E-state index in [1.54, 1.807) is 17.3 Å². The van der Waals surface area contributed by atoms with E-state index < -0.39 is 0 Å². The van der Waals surface area contributed by atoms with E-state index in [2.05, 4.69) is 15.5 Å². The first-order valence-electron chi connectivity index (χ1n) is 7.06. The lowest BCUT2D eigenvalue weighted by Crippen LogP contribution is -2.45. The van der Waals surface area contributed by atoms with Crippen molar-refractivity contribution in [3.63, 3.8) is 0 Å². The molecule has 2 aliphatic rings. The molecule has 6 nitrogen and oxygen atoms in total. The average molecular weight is 326 g/mol. The zero-order valence-electron chi connectivity index (χ0n) is 11.9. The maximum absolute atomic E-state index is 12.4. The summed E-state index contributed by atoms with van der Waals surface area (Å²) in [5.41, 5.74) is 1.59. The summed E-state index contributed by atoms with van der Waals surface area (Å²) in [4.78, 5) is 26.5. The zero-order chi connectivity index (χ0) is 14.9. The van der Waals surface area contributed by atoms with E-state index in [4.69, 9.17) is 0 Å². The Hall–Kier alpha value is -1.15. The highest BCUT2D eigenvalue weighted by Gasteiger charge is 2.51. The number of aromatic nitrogens is 2. The van der Waals surface area contributed by atoms with Crippen LogP contribution in [0.1, 0.15) is 25.7 Å². The van der Waals surface area contributed by atoms with Crippen molar-refractivity contribution in [2.45, 2.75) is 30.4 Å². The number of hydrogen-bond acceptors (Lipinski definition) is 6. The highest BCUT2D eigenvalue weighted by Crippen LogP contribution is 2.48. The molecule has 1 aromatic heterocycles. The Morgan fingerprint density at radius 1 is 1.43 bits per heavy atom. The van der Waals surface area contributed by atoms with Gasteiger partial charge in [-0.25, -0.2) is 0 Å². The van der Waals surface area contributed by atoms with Crippen molar-refractivity contribution in [2.75, 3.05) is 24.7 Å². The maximum Gasteiger partial charge on any atom is 0.238 e. The average Bonchev–Trinajstić information content (AvgIpc) is 3.16. The summed E-state index contributed by atoms with van der Waals surface area (Å²) in [6.45, 7) is 1.35. The van der Waals surface area contributed by atoms with Crippen LogP contribution in [0.3, 0.4) is 0 Å². The minimum atomic E-state index is -0.151. The van der Waals surface area contributed by atoms with E-state index in [1.165, 1.54) is 11.3 Å². The molecule has 3 rings (SSSR count). The number of piperidine rings is 1. The molecule has 1 aliphatic carbocycles. The first-order chi connectivity index (χ1) is 10.1. The van der Waals surface area contributed by atoms with Crippen LogP contribution in [0, 0.1) is 5.92 Å². The molecule has 0 bridgehead atoms. The second-order valence-electron chi connectivity index (χ2n) is 5.50. The molecule has 21 heavy (non-hydrogen) atoms. The number of likely N-dealkylation sites (tertiary alicyclic amines) is 1. The monoisotopic (exact) mass is 326 g/mol. The van der Waals surface area contributed by atoms with Crippen molar-refractivity contribution in [1.82, 2.24) is 15.1 Å². The molecule has 1 aromatic rings. The van der Waals surface area contributed by atoms with E-state index >= 15 is 0 Å². The van der Waals surface area contributed by atoms with Gasteiger partial charge in [0, 0.05) is 19.0 Å². The fourth-order valence-corrected chi connectivity index (χ4v) is 3.95. The van der Waals surface area contributed by atoms with Gasteiger partial charge in [-0.05, 0) is 31.9 Å². The SMILES string of the molecule is CSC1(C(=O)N2CCC(C(=O)Nc3nncs3)CC2)CC1. The summed E-state index contributed by atoms with van der Waals surface area (Å²) in [5, 5.41) is 10.8. The first kappa shape index (κ1) is 14.8. The third-order valence-electron chi connectivity index (χ3n) is 4.23. The molecule has 0 atom stereocenters. The first-order valence-corrected chi connectivity index (χ1v) is 9.16. The summed E-state index contributed by atoms with van der Waals surface area (Å²) in [7, 11) is 0. The molecular formula is C13H18N4O2S2. The van der Waals surface area contributed by atoms with Crippen LogP contribution in [0.5, 0.6) is 0 Å². The molecule has 2 fully saturated rings. The zero-order valence-corrected chi connectivity index (χ0v) is 13.5. The lowest BCUT2D eigenvalue weighted by atomic mass is 9.95. The Labute approximate surface area is 131 Å². The van der Waals surface area contributed by atoms with Crippen LogP contribution in [0.15, 0.2) is 5.51 Å². The number of rotatable bonds is 4. The number of nitrogens with one attached hydrogen (secondary N) is 1. The van der Waals surface area contributed by atoms with E-state index in [9.17, 15) is 9.59 Å². The van der Waals surface area contributed by atoms with E-state index in [0.29, 0.717) is 18.2 Å². The Kier molecular flexibility index (Phi) is 4.17. The number of anilines is 1. The summed E-state index contributed by atoms with van der Waals surface area (Å²) < 4.78 is -0.151. The molecular weight excluding hydrogens is 308 g/mol. The van der Waals surface area contributed by atoms with Crippen molar-refractivity contribution in [3.8, 4) is 0 Å². The molecule has 114 valence electrons.